The van der Waals surface area contributed by atoms with Gasteiger partial charge in [-0.3, -0.25) is 14.5 Å². The molecule has 10 heteroatoms. The number of ether oxygens (including phenoxy) is 2. The second-order valence-electron chi connectivity index (χ2n) is 7.60. The van der Waals surface area contributed by atoms with Crippen LogP contribution in [0.5, 0.6) is 11.5 Å². The molecule has 0 spiro atoms. The second-order valence-corrected chi connectivity index (χ2v) is 8.53. The molecule has 9 nitrogen and oxygen atoms in total. The number of amides is 2. The lowest BCUT2D eigenvalue weighted by Crippen LogP contribution is -2.44. The van der Waals surface area contributed by atoms with Crippen molar-refractivity contribution < 1.29 is 19.1 Å². The number of benzene rings is 1. The van der Waals surface area contributed by atoms with Crippen LogP contribution in [-0.4, -0.2) is 61.9 Å². The fourth-order valence-corrected chi connectivity index (χ4v) is 5.00. The van der Waals surface area contributed by atoms with Crippen molar-refractivity contribution in [2.75, 3.05) is 43.7 Å². The van der Waals surface area contributed by atoms with E-state index in [2.05, 4.69) is 15.5 Å². The summed E-state index contributed by atoms with van der Waals surface area (Å²) in [7, 11) is 3.21. The number of methoxy groups -OCH3 is 2. The van der Waals surface area contributed by atoms with Crippen LogP contribution in [0.15, 0.2) is 18.2 Å². The van der Waals surface area contributed by atoms with Crippen LogP contribution in [0.4, 0.5) is 10.3 Å². The molecule has 0 unspecified atom stereocenters. The SMILES string of the molecule is COc1ccc(CCNC(=O)[C@H]2CCCN2c2nnc(N3CCCC3=O)s2)cc1OC. The van der Waals surface area contributed by atoms with E-state index in [1.165, 1.54) is 11.3 Å². The molecule has 2 aliphatic rings. The average molecular weight is 446 g/mol. The molecule has 0 aliphatic carbocycles. The first-order chi connectivity index (χ1) is 15.1. The van der Waals surface area contributed by atoms with Gasteiger partial charge in [0.2, 0.25) is 22.1 Å². The van der Waals surface area contributed by atoms with Crippen molar-refractivity contribution in [1.82, 2.24) is 15.5 Å². The molecular weight excluding hydrogens is 418 g/mol. The van der Waals surface area contributed by atoms with Gasteiger partial charge < -0.3 is 19.7 Å². The van der Waals surface area contributed by atoms with E-state index in [1.807, 2.05) is 23.1 Å². The molecule has 31 heavy (non-hydrogen) atoms. The summed E-state index contributed by atoms with van der Waals surface area (Å²) in [4.78, 5) is 28.5. The molecule has 1 atom stereocenters. The van der Waals surface area contributed by atoms with Gasteiger partial charge in [0, 0.05) is 26.1 Å². The summed E-state index contributed by atoms with van der Waals surface area (Å²) in [6, 6.07) is 5.50. The molecule has 2 fully saturated rings. The molecule has 4 rings (SSSR count). The summed E-state index contributed by atoms with van der Waals surface area (Å²) < 4.78 is 10.6. The first-order valence-corrected chi connectivity index (χ1v) is 11.3. The van der Waals surface area contributed by atoms with Crippen LogP contribution < -0.4 is 24.6 Å². The van der Waals surface area contributed by atoms with Gasteiger partial charge in [-0.05, 0) is 43.4 Å². The minimum Gasteiger partial charge on any atom is -0.493 e. The van der Waals surface area contributed by atoms with Gasteiger partial charge in [-0.25, -0.2) is 0 Å². The Morgan fingerprint density at radius 3 is 2.71 bits per heavy atom. The zero-order valence-electron chi connectivity index (χ0n) is 17.8. The van der Waals surface area contributed by atoms with Crippen LogP contribution >= 0.6 is 11.3 Å². The highest BCUT2D eigenvalue weighted by atomic mass is 32.1. The second kappa shape index (κ2) is 9.51. The number of carbonyl (C=O) groups is 2. The lowest BCUT2D eigenvalue weighted by Gasteiger charge is -2.22. The maximum atomic E-state index is 12.9. The summed E-state index contributed by atoms with van der Waals surface area (Å²) in [5.41, 5.74) is 1.06. The highest BCUT2D eigenvalue weighted by Gasteiger charge is 2.34. The van der Waals surface area contributed by atoms with Crippen LogP contribution in [0.2, 0.25) is 0 Å². The fourth-order valence-electron chi connectivity index (χ4n) is 4.04. The lowest BCUT2D eigenvalue weighted by molar-refractivity contribution is -0.122. The molecule has 0 radical (unpaired) electrons. The Morgan fingerprint density at radius 1 is 1.16 bits per heavy atom. The Labute approximate surface area is 185 Å². The van der Waals surface area contributed by atoms with Crippen LogP contribution in [0.1, 0.15) is 31.2 Å². The molecule has 3 heterocycles. The van der Waals surface area contributed by atoms with E-state index >= 15 is 0 Å². The number of nitrogens with one attached hydrogen (secondary N) is 1. The topological polar surface area (TPSA) is 96.9 Å². The summed E-state index contributed by atoms with van der Waals surface area (Å²) in [5, 5.41) is 12.8. The summed E-state index contributed by atoms with van der Waals surface area (Å²) in [6.45, 7) is 1.98. The average Bonchev–Trinajstić information content (AvgIpc) is 3.53. The normalized spacial score (nSPS) is 18.5. The molecule has 1 aromatic carbocycles. The van der Waals surface area contributed by atoms with Crippen LogP contribution in [0, 0.1) is 0 Å². The zero-order valence-corrected chi connectivity index (χ0v) is 18.6. The van der Waals surface area contributed by atoms with Gasteiger partial charge in [0.25, 0.3) is 0 Å². The molecule has 2 saturated heterocycles. The van der Waals surface area contributed by atoms with E-state index in [0.29, 0.717) is 47.7 Å². The van der Waals surface area contributed by atoms with Crippen LogP contribution in [0.3, 0.4) is 0 Å². The number of nitrogens with zero attached hydrogens (tertiary/aromatic N) is 4. The number of carbonyl (C=O) groups excluding carboxylic acids is 2. The zero-order chi connectivity index (χ0) is 21.8. The third-order valence-electron chi connectivity index (χ3n) is 5.67. The molecule has 2 amide bonds. The van der Waals surface area contributed by atoms with E-state index < -0.39 is 0 Å². The van der Waals surface area contributed by atoms with E-state index in [1.54, 1.807) is 19.1 Å². The number of hydrogen-bond acceptors (Lipinski definition) is 8. The van der Waals surface area contributed by atoms with Gasteiger partial charge >= 0.3 is 0 Å². The molecule has 1 N–H and O–H groups in total. The Balaban J connectivity index is 1.34. The lowest BCUT2D eigenvalue weighted by atomic mass is 10.1. The maximum Gasteiger partial charge on any atom is 0.242 e. The van der Waals surface area contributed by atoms with Gasteiger partial charge in [-0.15, -0.1) is 10.2 Å². The largest absolute Gasteiger partial charge is 0.493 e. The van der Waals surface area contributed by atoms with Gasteiger partial charge in [-0.2, -0.15) is 0 Å². The Bertz CT molecular complexity index is 950. The smallest absolute Gasteiger partial charge is 0.242 e. The van der Waals surface area contributed by atoms with Crippen molar-refractivity contribution in [2.24, 2.45) is 0 Å². The Morgan fingerprint density at radius 2 is 1.97 bits per heavy atom. The summed E-state index contributed by atoms with van der Waals surface area (Å²) in [6.07, 6.45) is 3.80. The molecule has 2 aromatic rings. The standard InChI is InChI=1S/C21H27N5O4S/c1-29-16-8-7-14(13-17(16)30-2)9-10-22-19(28)15-5-3-11-25(15)20-23-24-21(31-20)26-12-4-6-18(26)27/h7-8,13,15H,3-6,9-12H2,1-2H3,(H,22,28)/t15-/m1/s1. The van der Waals surface area contributed by atoms with Gasteiger partial charge in [0.1, 0.15) is 6.04 Å². The monoisotopic (exact) mass is 445 g/mol. The molecule has 1 aromatic heterocycles. The van der Waals surface area contributed by atoms with E-state index in [0.717, 1.165) is 31.4 Å². The van der Waals surface area contributed by atoms with Gasteiger partial charge in [-0.1, -0.05) is 17.4 Å². The van der Waals surface area contributed by atoms with E-state index in [-0.39, 0.29) is 17.9 Å². The Kier molecular flexibility index (Phi) is 6.55. The molecule has 0 saturated carbocycles. The first kappa shape index (κ1) is 21.4. The fraction of sp³-hybridized carbons (Fsp3) is 0.524. The minimum absolute atomic E-state index is 0.00743. The molecule has 166 valence electrons. The van der Waals surface area contributed by atoms with Crippen molar-refractivity contribution >= 4 is 33.4 Å². The minimum atomic E-state index is -0.263. The number of rotatable bonds is 8. The van der Waals surface area contributed by atoms with Crippen molar-refractivity contribution in [3.63, 3.8) is 0 Å². The summed E-state index contributed by atoms with van der Waals surface area (Å²) >= 11 is 1.38. The Hall–Kier alpha value is -2.88. The number of hydrogen-bond donors (Lipinski definition) is 1. The van der Waals surface area contributed by atoms with E-state index in [4.69, 9.17) is 9.47 Å². The van der Waals surface area contributed by atoms with E-state index in [9.17, 15) is 9.59 Å². The maximum absolute atomic E-state index is 12.9. The first-order valence-electron chi connectivity index (χ1n) is 10.5. The van der Waals surface area contributed by atoms with Crippen molar-refractivity contribution in [3.05, 3.63) is 23.8 Å². The predicted octanol–water partition coefficient (Wildman–Crippen LogP) is 2.01. The summed E-state index contributed by atoms with van der Waals surface area (Å²) in [5.74, 6) is 1.45. The van der Waals surface area contributed by atoms with Crippen molar-refractivity contribution in [3.8, 4) is 11.5 Å². The number of aromatic nitrogens is 2. The molecule has 2 aliphatic heterocycles. The van der Waals surface area contributed by atoms with Gasteiger partial charge in [0.15, 0.2) is 11.5 Å². The number of anilines is 2. The third kappa shape index (κ3) is 4.58. The third-order valence-corrected chi connectivity index (χ3v) is 6.65. The highest BCUT2D eigenvalue weighted by Crippen LogP contribution is 2.33. The van der Waals surface area contributed by atoms with Crippen molar-refractivity contribution in [2.45, 2.75) is 38.1 Å². The quantitative estimate of drug-likeness (QED) is 0.664. The van der Waals surface area contributed by atoms with Crippen LogP contribution in [-0.2, 0) is 16.0 Å². The van der Waals surface area contributed by atoms with Crippen LogP contribution in [0.25, 0.3) is 0 Å². The molecule has 0 bridgehead atoms. The van der Waals surface area contributed by atoms with Gasteiger partial charge in [0.05, 0.1) is 14.2 Å². The van der Waals surface area contributed by atoms with Crippen molar-refractivity contribution in [1.29, 1.82) is 0 Å². The highest BCUT2D eigenvalue weighted by molar-refractivity contribution is 7.19. The molecular formula is C21H27N5O4S. The predicted molar refractivity (Wildman–Crippen MR) is 118 cm³/mol.